The third-order valence-electron chi connectivity index (χ3n) is 5.14. The van der Waals surface area contributed by atoms with Gasteiger partial charge in [-0.1, -0.05) is 29.8 Å². The minimum absolute atomic E-state index is 0.156. The average Bonchev–Trinajstić information content (AvgIpc) is 2.81. The Labute approximate surface area is 164 Å². The molecule has 0 aliphatic carbocycles. The predicted octanol–water partition coefficient (Wildman–Crippen LogP) is 1.31. The molecule has 2 heterocycles. The van der Waals surface area contributed by atoms with Crippen molar-refractivity contribution in [3.05, 3.63) is 35.4 Å². The average molecular weight is 387 g/mol. The van der Waals surface area contributed by atoms with Gasteiger partial charge in [-0.25, -0.2) is 9.69 Å². The van der Waals surface area contributed by atoms with Crippen LogP contribution in [0.5, 0.6) is 0 Å². The zero-order valence-electron chi connectivity index (χ0n) is 16.6. The summed E-state index contributed by atoms with van der Waals surface area (Å²) in [7, 11) is 0. The van der Waals surface area contributed by atoms with E-state index in [0.29, 0.717) is 19.6 Å². The molecule has 8 heteroatoms. The van der Waals surface area contributed by atoms with Crippen molar-refractivity contribution in [1.82, 2.24) is 14.7 Å². The molecule has 0 radical (unpaired) electrons. The van der Waals surface area contributed by atoms with E-state index >= 15 is 0 Å². The van der Waals surface area contributed by atoms with Crippen LogP contribution in [0.25, 0.3) is 0 Å². The van der Waals surface area contributed by atoms with Crippen LogP contribution in [0.2, 0.25) is 0 Å². The Morgan fingerprint density at radius 1 is 1.21 bits per heavy atom. The molecule has 0 bridgehead atoms. The Kier molecular flexibility index (Phi) is 5.14. The Morgan fingerprint density at radius 3 is 2.54 bits per heavy atom. The molecule has 1 atom stereocenters. The second-order valence-corrected chi connectivity index (χ2v) is 7.78. The van der Waals surface area contributed by atoms with Crippen LogP contribution in [-0.4, -0.2) is 69.8 Å². The van der Waals surface area contributed by atoms with Gasteiger partial charge in [-0.05, 0) is 33.3 Å². The van der Waals surface area contributed by atoms with E-state index in [-0.39, 0.29) is 5.91 Å². The van der Waals surface area contributed by atoms with Crippen LogP contribution in [0.15, 0.2) is 24.3 Å². The number of rotatable bonds is 4. The second-order valence-electron chi connectivity index (χ2n) is 7.78. The first-order valence-corrected chi connectivity index (χ1v) is 9.29. The lowest BCUT2D eigenvalue weighted by Crippen LogP contribution is -2.59. The number of amides is 4. The van der Waals surface area contributed by atoms with Crippen molar-refractivity contribution in [3.63, 3.8) is 0 Å². The summed E-state index contributed by atoms with van der Waals surface area (Å²) >= 11 is 0. The number of benzene rings is 1. The number of piperazine rings is 1. The molecule has 0 unspecified atom stereocenters. The summed E-state index contributed by atoms with van der Waals surface area (Å²) < 4.78 is 4.99. The number of hydrogen-bond acceptors (Lipinski definition) is 5. The lowest BCUT2D eigenvalue weighted by Gasteiger charge is -2.39. The molecule has 0 N–H and O–H groups in total. The van der Waals surface area contributed by atoms with Gasteiger partial charge in [0, 0.05) is 19.6 Å². The maximum Gasteiger partial charge on any atom is 0.418 e. The first-order valence-electron chi connectivity index (χ1n) is 9.29. The molecule has 2 fully saturated rings. The van der Waals surface area contributed by atoms with Crippen molar-refractivity contribution in [2.75, 3.05) is 19.6 Å². The van der Waals surface area contributed by atoms with Crippen molar-refractivity contribution < 1.29 is 23.9 Å². The fourth-order valence-corrected chi connectivity index (χ4v) is 3.55. The molecule has 2 aliphatic rings. The Morgan fingerprint density at radius 2 is 1.93 bits per heavy atom. The summed E-state index contributed by atoms with van der Waals surface area (Å²) in [5.41, 5.74) is 0.885. The third-order valence-corrected chi connectivity index (χ3v) is 5.14. The molecule has 0 saturated carbocycles. The van der Waals surface area contributed by atoms with Gasteiger partial charge in [0.05, 0.1) is 0 Å². The predicted molar refractivity (Wildman–Crippen MR) is 100 cm³/mol. The number of carbonyl (C=O) groups is 4. The molecule has 1 aromatic rings. The highest BCUT2D eigenvalue weighted by Crippen LogP contribution is 2.24. The fraction of sp³-hybridized carbons (Fsp3) is 0.500. The Bertz CT molecular complexity index is 835. The van der Waals surface area contributed by atoms with E-state index in [1.54, 1.807) is 11.8 Å². The standard InChI is InChI=1S/C20H25N3O5/c1-13-6-5-7-15(10-13)11-21-8-9-22(14(2)17(21)25)16(24)12-23-18(26)20(3,4)28-19(23)27/h5-7,10,14H,8-9,11-12H2,1-4H3/t14-/m1/s1. The van der Waals surface area contributed by atoms with Crippen LogP contribution < -0.4 is 0 Å². The monoisotopic (exact) mass is 387 g/mol. The Hall–Kier alpha value is -2.90. The van der Waals surface area contributed by atoms with Gasteiger partial charge in [0.25, 0.3) is 5.91 Å². The lowest BCUT2D eigenvalue weighted by molar-refractivity contribution is -0.152. The molecule has 28 heavy (non-hydrogen) atoms. The van der Waals surface area contributed by atoms with E-state index in [0.717, 1.165) is 16.0 Å². The maximum atomic E-state index is 12.8. The SMILES string of the molecule is Cc1cccc(CN2CCN(C(=O)CN3C(=O)OC(C)(C)C3=O)[C@H](C)C2=O)c1. The largest absolute Gasteiger partial charge is 0.433 e. The molecule has 2 saturated heterocycles. The molecule has 0 aromatic heterocycles. The van der Waals surface area contributed by atoms with E-state index < -0.39 is 36.1 Å². The van der Waals surface area contributed by atoms with E-state index in [4.69, 9.17) is 4.74 Å². The fourth-order valence-electron chi connectivity index (χ4n) is 3.55. The molecule has 0 spiro atoms. The molecule has 2 aliphatic heterocycles. The zero-order valence-corrected chi connectivity index (χ0v) is 16.6. The van der Waals surface area contributed by atoms with E-state index in [1.165, 1.54) is 18.7 Å². The van der Waals surface area contributed by atoms with Crippen molar-refractivity contribution >= 4 is 23.8 Å². The van der Waals surface area contributed by atoms with Gasteiger partial charge in [-0.2, -0.15) is 0 Å². The van der Waals surface area contributed by atoms with Crippen LogP contribution in [-0.2, 0) is 25.7 Å². The number of ether oxygens (including phenoxy) is 1. The van der Waals surface area contributed by atoms with Gasteiger partial charge in [-0.3, -0.25) is 14.4 Å². The molecule has 1 aromatic carbocycles. The smallest absolute Gasteiger partial charge is 0.418 e. The van der Waals surface area contributed by atoms with Crippen molar-refractivity contribution in [1.29, 1.82) is 0 Å². The number of imide groups is 1. The minimum atomic E-state index is -1.27. The summed E-state index contributed by atoms with van der Waals surface area (Å²) in [6.07, 6.45) is -0.833. The zero-order chi connectivity index (χ0) is 20.6. The lowest BCUT2D eigenvalue weighted by atomic mass is 10.1. The van der Waals surface area contributed by atoms with Crippen molar-refractivity contribution in [2.45, 2.75) is 45.9 Å². The summed E-state index contributed by atoms with van der Waals surface area (Å²) in [5, 5.41) is 0. The van der Waals surface area contributed by atoms with E-state index in [1.807, 2.05) is 31.2 Å². The highest BCUT2D eigenvalue weighted by molar-refractivity contribution is 6.05. The van der Waals surface area contributed by atoms with Crippen LogP contribution in [0.1, 0.15) is 31.9 Å². The van der Waals surface area contributed by atoms with Gasteiger partial charge in [0.1, 0.15) is 12.6 Å². The summed E-state index contributed by atoms with van der Waals surface area (Å²) in [5.74, 6) is -1.15. The molecular weight excluding hydrogens is 362 g/mol. The number of carbonyl (C=O) groups excluding carboxylic acids is 4. The highest BCUT2D eigenvalue weighted by atomic mass is 16.6. The molecule has 8 nitrogen and oxygen atoms in total. The van der Waals surface area contributed by atoms with Gasteiger partial charge in [0.2, 0.25) is 11.8 Å². The normalized spacial score (nSPS) is 21.9. The summed E-state index contributed by atoms with van der Waals surface area (Å²) in [6, 6.07) is 7.28. The number of hydrogen-bond donors (Lipinski definition) is 0. The Balaban J connectivity index is 1.64. The van der Waals surface area contributed by atoms with Crippen LogP contribution in [0.4, 0.5) is 4.79 Å². The molecule has 3 rings (SSSR count). The van der Waals surface area contributed by atoms with Gasteiger partial charge >= 0.3 is 6.09 Å². The van der Waals surface area contributed by atoms with Crippen LogP contribution >= 0.6 is 0 Å². The first kappa shape index (κ1) is 19.9. The van der Waals surface area contributed by atoms with Crippen molar-refractivity contribution in [2.24, 2.45) is 0 Å². The van der Waals surface area contributed by atoms with Gasteiger partial charge < -0.3 is 14.5 Å². The number of cyclic esters (lactones) is 1. The molecule has 4 amide bonds. The van der Waals surface area contributed by atoms with Crippen LogP contribution in [0.3, 0.4) is 0 Å². The van der Waals surface area contributed by atoms with E-state index in [9.17, 15) is 19.2 Å². The molecular formula is C20H25N3O5. The molecule has 150 valence electrons. The first-order chi connectivity index (χ1) is 13.1. The summed E-state index contributed by atoms with van der Waals surface area (Å²) in [6.45, 7) is 7.43. The van der Waals surface area contributed by atoms with Gasteiger partial charge in [-0.15, -0.1) is 0 Å². The van der Waals surface area contributed by atoms with Gasteiger partial charge in [0.15, 0.2) is 5.60 Å². The third kappa shape index (κ3) is 3.72. The second kappa shape index (κ2) is 7.26. The number of aryl methyl sites for hydroxylation is 1. The highest BCUT2D eigenvalue weighted by Gasteiger charge is 2.48. The van der Waals surface area contributed by atoms with E-state index in [2.05, 4.69) is 0 Å². The minimum Gasteiger partial charge on any atom is -0.433 e. The van der Waals surface area contributed by atoms with Crippen LogP contribution in [0, 0.1) is 6.92 Å². The van der Waals surface area contributed by atoms with Crippen molar-refractivity contribution in [3.8, 4) is 0 Å². The number of nitrogens with zero attached hydrogens (tertiary/aromatic N) is 3. The maximum absolute atomic E-state index is 12.8. The topological polar surface area (TPSA) is 87.2 Å². The summed E-state index contributed by atoms with van der Waals surface area (Å²) in [4.78, 5) is 53.5. The quantitative estimate of drug-likeness (QED) is 0.777.